The molecule has 1 aliphatic heterocycles. The average Bonchev–Trinajstić information content (AvgIpc) is 3.14. The number of carbonyl (C=O) groups is 1. The minimum absolute atomic E-state index is 0.205. The second-order valence-corrected chi connectivity index (χ2v) is 6.59. The van der Waals surface area contributed by atoms with E-state index in [0.717, 1.165) is 12.8 Å². The van der Waals surface area contributed by atoms with E-state index < -0.39 is 11.4 Å². The standard InChI is InChI=1S/C18H23FN4O2/c1-18(25-2,15-7-3-4-8-16(15)19)17(24)22-9-5-6-14(10-22)11-23-13-20-12-21-23/h3-4,7-8,12-14H,5-6,9-11H2,1-2H3/t14-,18+/m1/s1. The summed E-state index contributed by atoms with van der Waals surface area (Å²) >= 11 is 0. The second kappa shape index (κ2) is 7.31. The average molecular weight is 346 g/mol. The van der Waals surface area contributed by atoms with Gasteiger partial charge in [-0.1, -0.05) is 18.2 Å². The molecule has 2 atom stereocenters. The van der Waals surface area contributed by atoms with Crippen LogP contribution in [0.2, 0.25) is 0 Å². The molecule has 0 saturated carbocycles. The molecule has 0 N–H and O–H groups in total. The summed E-state index contributed by atoms with van der Waals surface area (Å²) < 4.78 is 21.5. The molecule has 1 aliphatic rings. The molecular weight excluding hydrogens is 323 g/mol. The number of ether oxygens (including phenoxy) is 1. The monoisotopic (exact) mass is 346 g/mol. The lowest BCUT2D eigenvalue weighted by Crippen LogP contribution is -2.50. The van der Waals surface area contributed by atoms with Crippen LogP contribution in [0, 0.1) is 11.7 Å². The van der Waals surface area contributed by atoms with E-state index in [-0.39, 0.29) is 11.5 Å². The molecule has 134 valence electrons. The summed E-state index contributed by atoms with van der Waals surface area (Å²) in [5.41, 5.74) is -1.07. The van der Waals surface area contributed by atoms with Gasteiger partial charge in [0.15, 0.2) is 5.60 Å². The summed E-state index contributed by atoms with van der Waals surface area (Å²) in [4.78, 5) is 18.9. The first-order chi connectivity index (χ1) is 12.0. The van der Waals surface area contributed by atoms with Gasteiger partial charge in [-0.25, -0.2) is 9.37 Å². The fraction of sp³-hybridized carbons (Fsp3) is 0.500. The van der Waals surface area contributed by atoms with Crippen molar-refractivity contribution < 1.29 is 13.9 Å². The van der Waals surface area contributed by atoms with Gasteiger partial charge in [0.1, 0.15) is 18.5 Å². The van der Waals surface area contributed by atoms with Crippen LogP contribution in [0.1, 0.15) is 25.3 Å². The first-order valence-corrected chi connectivity index (χ1v) is 8.46. The predicted molar refractivity (Wildman–Crippen MR) is 90.1 cm³/mol. The molecule has 0 bridgehead atoms. The summed E-state index contributed by atoms with van der Waals surface area (Å²) in [6, 6.07) is 6.28. The Morgan fingerprint density at radius 3 is 2.92 bits per heavy atom. The van der Waals surface area contributed by atoms with Gasteiger partial charge in [-0.05, 0) is 31.7 Å². The molecule has 1 amide bonds. The summed E-state index contributed by atoms with van der Waals surface area (Å²) in [6.07, 6.45) is 5.11. The van der Waals surface area contributed by atoms with Crippen LogP contribution in [0.4, 0.5) is 4.39 Å². The van der Waals surface area contributed by atoms with Crippen LogP contribution < -0.4 is 0 Å². The van der Waals surface area contributed by atoms with E-state index in [0.29, 0.717) is 25.6 Å². The highest BCUT2D eigenvalue weighted by atomic mass is 19.1. The van der Waals surface area contributed by atoms with E-state index >= 15 is 0 Å². The maximum Gasteiger partial charge on any atom is 0.259 e. The number of benzene rings is 1. The van der Waals surface area contributed by atoms with Crippen molar-refractivity contribution in [3.8, 4) is 0 Å². The van der Waals surface area contributed by atoms with Crippen LogP contribution in [0.3, 0.4) is 0 Å². The van der Waals surface area contributed by atoms with Crippen molar-refractivity contribution >= 4 is 5.91 Å². The number of halogens is 1. The third-order valence-electron chi connectivity index (χ3n) is 4.92. The Kier molecular flexibility index (Phi) is 5.13. The molecule has 2 heterocycles. The zero-order valence-electron chi connectivity index (χ0n) is 14.6. The molecule has 0 aliphatic carbocycles. The number of likely N-dealkylation sites (tertiary alicyclic amines) is 1. The first kappa shape index (κ1) is 17.5. The van der Waals surface area contributed by atoms with Gasteiger partial charge in [0, 0.05) is 32.3 Å². The minimum Gasteiger partial charge on any atom is -0.364 e. The smallest absolute Gasteiger partial charge is 0.259 e. The maximum absolute atomic E-state index is 14.3. The Hall–Kier alpha value is -2.28. The molecule has 2 aromatic rings. The Morgan fingerprint density at radius 1 is 1.44 bits per heavy atom. The quantitative estimate of drug-likeness (QED) is 0.833. The van der Waals surface area contributed by atoms with Gasteiger partial charge >= 0.3 is 0 Å². The molecule has 0 unspecified atom stereocenters. The zero-order valence-corrected chi connectivity index (χ0v) is 14.6. The number of carbonyl (C=O) groups excluding carboxylic acids is 1. The molecular formula is C18H23FN4O2. The van der Waals surface area contributed by atoms with Gasteiger partial charge in [0.2, 0.25) is 0 Å². The van der Waals surface area contributed by atoms with Gasteiger partial charge in [0.05, 0.1) is 0 Å². The third kappa shape index (κ3) is 3.56. The first-order valence-electron chi connectivity index (χ1n) is 8.46. The van der Waals surface area contributed by atoms with Gasteiger partial charge < -0.3 is 9.64 Å². The molecule has 1 aromatic heterocycles. The van der Waals surface area contributed by atoms with Crippen LogP contribution in [-0.2, 0) is 21.7 Å². The van der Waals surface area contributed by atoms with Gasteiger partial charge in [-0.2, -0.15) is 5.10 Å². The van der Waals surface area contributed by atoms with Crippen molar-refractivity contribution in [2.45, 2.75) is 31.9 Å². The van der Waals surface area contributed by atoms with Gasteiger partial charge in [0.25, 0.3) is 5.91 Å². The lowest BCUT2D eigenvalue weighted by molar-refractivity contribution is -0.156. The van der Waals surface area contributed by atoms with Gasteiger partial charge in [-0.3, -0.25) is 9.48 Å². The van der Waals surface area contributed by atoms with Crippen LogP contribution in [-0.4, -0.2) is 45.8 Å². The number of amides is 1. The Morgan fingerprint density at radius 2 is 2.24 bits per heavy atom. The molecule has 3 rings (SSSR count). The SMILES string of the molecule is CO[C@](C)(C(=O)N1CCC[C@@H](Cn2cncn2)C1)c1ccccc1F. The number of piperidine rings is 1. The van der Waals surface area contributed by atoms with E-state index in [9.17, 15) is 9.18 Å². The molecule has 0 radical (unpaired) electrons. The fourth-order valence-electron chi connectivity index (χ4n) is 3.45. The van der Waals surface area contributed by atoms with Crippen molar-refractivity contribution in [1.82, 2.24) is 19.7 Å². The number of methoxy groups -OCH3 is 1. The lowest BCUT2D eigenvalue weighted by Gasteiger charge is -2.38. The van der Waals surface area contributed by atoms with Crippen LogP contribution in [0.15, 0.2) is 36.9 Å². The number of hydrogen-bond acceptors (Lipinski definition) is 4. The maximum atomic E-state index is 14.3. The van der Waals surface area contributed by atoms with Crippen LogP contribution in [0.5, 0.6) is 0 Å². The van der Waals surface area contributed by atoms with Gasteiger partial charge in [-0.15, -0.1) is 0 Å². The number of hydrogen-bond donors (Lipinski definition) is 0. The number of aromatic nitrogens is 3. The molecule has 1 saturated heterocycles. The van der Waals surface area contributed by atoms with E-state index in [1.165, 1.54) is 19.5 Å². The van der Waals surface area contributed by atoms with Crippen molar-refractivity contribution in [2.24, 2.45) is 5.92 Å². The highest BCUT2D eigenvalue weighted by Gasteiger charge is 2.41. The Labute approximate surface area is 146 Å². The van der Waals surface area contributed by atoms with E-state index in [1.807, 2.05) is 0 Å². The number of rotatable bonds is 5. The zero-order chi connectivity index (χ0) is 17.9. The van der Waals surface area contributed by atoms with Crippen LogP contribution in [0.25, 0.3) is 0 Å². The second-order valence-electron chi connectivity index (χ2n) is 6.59. The summed E-state index contributed by atoms with van der Waals surface area (Å²) in [6.45, 7) is 3.61. The summed E-state index contributed by atoms with van der Waals surface area (Å²) in [7, 11) is 1.45. The Balaban J connectivity index is 1.77. The topological polar surface area (TPSA) is 60.2 Å². The summed E-state index contributed by atoms with van der Waals surface area (Å²) in [5.74, 6) is -0.346. The minimum atomic E-state index is -1.33. The van der Waals surface area contributed by atoms with Crippen LogP contribution >= 0.6 is 0 Å². The van der Waals surface area contributed by atoms with Crippen molar-refractivity contribution in [2.75, 3.05) is 20.2 Å². The van der Waals surface area contributed by atoms with E-state index in [4.69, 9.17) is 4.74 Å². The van der Waals surface area contributed by atoms with E-state index in [1.54, 1.807) is 41.0 Å². The highest BCUT2D eigenvalue weighted by molar-refractivity contribution is 5.86. The predicted octanol–water partition coefficient (Wildman–Crippen LogP) is 2.22. The third-order valence-corrected chi connectivity index (χ3v) is 4.92. The molecule has 0 spiro atoms. The van der Waals surface area contributed by atoms with Crippen molar-refractivity contribution in [3.63, 3.8) is 0 Å². The molecule has 6 nitrogen and oxygen atoms in total. The van der Waals surface area contributed by atoms with Crippen molar-refractivity contribution in [1.29, 1.82) is 0 Å². The summed E-state index contributed by atoms with van der Waals surface area (Å²) in [5, 5.41) is 4.13. The lowest BCUT2D eigenvalue weighted by atomic mass is 9.91. The molecule has 1 fully saturated rings. The highest BCUT2D eigenvalue weighted by Crippen LogP contribution is 2.31. The number of nitrogens with zero attached hydrogens (tertiary/aromatic N) is 4. The van der Waals surface area contributed by atoms with E-state index in [2.05, 4.69) is 10.1 Å². The van der Waals surface area contributed by atoms with Crippen molar-refractivity contribution in [3.05, 3.63) is 48.3 Å². The Bertz CT molecular complexity index is 722. The molecule has 7 heteroatoms. The molecule has 1 aromatic carbocycles. The largest absolute Gasteiger partial charge is 0.364 e. The molecule has 25 heavy (non-hydrogen) atoms. The normalized spacial score (nSPS) is 20.3. The fourth-order valence-corrected chi connectivity index (χ4v) is 3.45.